The minimum atomic E-state index is -3.53. The molecule has 0 aliphatic carbocycles. The number of ether oxygens (including phenoxy) is 1. The summed E-state index contributed by atoms with van der Waals surface area (Å²) in [7, 11) is -3.53. The Morgan fingerprint density at radius 1 is 1.55 bits per heavy atom. The van der Waals surface area contributed by atoms with Crippen LogP contribution < -0.4 is 0 Å². The summed E-state index contributed by atoms with van der Waals surface area (Å²) in [6.45, 7) is 3.46. The Labute approximate surface area is 122 Å². The first kappa shape index (κ1) is 15.3. The number of aliphatic hydroxyl groups excluding tert-OH is 1. The maximum absolute atomic E-state index is 12.1. The standard InChI is InChI=1S/C13H15ClO5S/c1-3-19-13(16)8-6-9(14)12-11(7(8)2)10(15)4-5-20(12,17)18/h6,10,15H,3-5H2,1-2H3. The van der Waals surface area contributed by atoms with Gasteiger partial charge < -0.3 is 9.84 Å². The number of hydrogen-bond donors (Lipinski definition) is 1. The number of carbonyl (C=O) groups is 1. The van der Waals surface area contributed by atoms with Gasteiger partial charge in [0.25, 0.3) is 0 Å². The highest BCUT2D eigenvalue weighted by atomic mass is 35.5. The minimum Gasteiger partial charge on any atom is -0.462 e. The van der Waals surface area contributed by atoms with Crippen LogP contribution in [-0.2, 0) is 14.6 Å². The van der Waals surface area contributed by atoms with Crippen molar-refractivity contribution in [1.29, 1.82) is 0 Å². The molecule has 7 heteroatoms. The first-order valence-corrected chi connectivity index (χ1v) is 8.23. The van der Waals surface area contributed by atoms with Gasteiger partial charge in [-0.15, -0.1) is 0 Å². The summed E-state index contributed by atoms with van der Waals surface area (Å²) in [5.74, 6) is -0.733. The zero-order valence-corrected chi connectivity index (χ0v) is 12.7. The van der Waals surface area contributed by atoms with Crippen LogP contribution in [0.3, 0.4) is 0 Å². The van der Waals surface area contributed by atoms with E-state index < -0.39 is 21.9 Å². The SMILES string of the molecule is CCOC(=O)c1cc(Cl)c2c(c1C)C(O)CCS2(=O)=O. The van der Waals surface area contributed by atoms with Crippen molar-refractivity contribution in [3.8, 4) is 0 Å². The molecular formula is C13H15ClO5S. The molecular weight excluding hydrogens is 304 g/mol. The van der Waals surface area contributed by atoms with Crippen molar-refractivity contribution < 1.29 is 23.1 Å². The van der Waals surface area contributed by atoms with Gasteiger partial charge >= 0.3 is 5.97 Å². The Morgan fingerprint density at radius 2 is 2.20 bits per heavy atom. The van der Waals surface area contributed by atoms with E-state index >= 15 is 0 Å². The number of rotatable bonds is 2. The lowest BCUT2D eigenvalue weighted by Gasteiger charge is -2.25. The maximum Gasteiger partial charge on any atom is 0.338 e. The summed E-state index contributed by atoms with van der Waals surface area (Å²) in [6, 6.07) is 1.29. The normalized spacial score (nSPS) is 20.3. The van der Waals surface area contributed by atoms with Gasteiger partial charge in [0, 0.05) is 5.56 Å². The molecule has 0 aromatic heterocycles. The number of hydrogen-bond acceptors (Lipinski definition) is 5. The zero-order chi connectivity index (χ0) is 15.1. The van der Waals surface area contributed by atoms with Gasteiger partial charge in [-0.05, 0) is 31.9 Å². The Hall–Kier alpha value is -1.11. The van der Waals surface area contributed by atoms with Crippen molar-refractivity contribution >= 4 is 27.4 Å². The monoisotopic (exact) mass is 318 g/mol. The number of aliphatic hydroxyl groups is 1. The first-order chi connectivity index (χ1) is 9.29. The molecule has 2 rings (SSSR count). The number of sulfone groups is 1. The van der Waals surface area contributed by atoms with Crippen LogP contribution in [0.5, 0.6) is 0 Å². The third-order valence-electron chi connectivity index (χ3n) is 3.34. The quantitative estimate of drug-likeness (QED) is 0.844. The highest BCUT2D eigenvalue weighted by molar-refractivity contribution is 7.91. The van der Waals surface area contributed by atoms with Crippen LogP contribution >= 0.6 is 11.6 Å². The van der Waals surface area contributed by atoms with E-state index in [0.717, 1.165) is 0 Å². The van der Waals surface area contributed by atoms with Crippen LogP contribution in [0.2, 0.25) is 5.02 Å². The lowest BCUT2D eigenvalue weighted by atomic mass is 9.96. The van der Waals surface area contributed by atoms with E-state index in [4.69, 9.17) is 16.3 Å². The molecule has 1 unspecified atom stereocenters. The van der Waals surface area contributed by atoms with E-state index in [1.54, 1.807) is 13.8 Å². The van der Waals surface area contributed by atoms with Gasteiger partial charge in [-0.25, -0.2) is 13.2 Å². The van der Waals surface area contributed by atoms with Gasteiger partial charge in [-0.1, -0.05) is 11.6 Å². The molecule has 0 bridgehead atoms. The number of carbonyl (C=O) groups excluding carboxylic acids is 1. The molecule has 0 amide bonds. The summed E-state index contributed by atoms with van der Waals surface area (Å²) in [4.78, 5) is 11.8. The maximum atomic E-state index is 12.1. The van der Waals surface area contributed by atoms with E-state index in [2.05, 4.69) is 0 Å². The summed E-state index contributed by atoms with van der Waals surface area (Å²) in [5, 5.41) is 10.0. The number of halogens is 1. The van der Waals surface area contributed by atoms with Gasteiger partial charge in [-0.3, -0.25) is 0 Å². The topological polar surface area (TPSA) is 80.7 Å². The van der Waals surface area contributed by atoms with Crippen LogP contribution in [0.4, 0.5) is 0 Å². The van der Waals surface area contributed by atoms with Gasteiger partial charge in [0.05, 0.1) is 33.9 Å². The molecule has 1 N–H and O–H groups in total. The zero-order valence-electron chi connectivity index (χ0n) is 11.1. The van der Waals surface area contributed by atoms with Crippen LogP contribution in [0.15, 0.2) is 11.0 Å². The fourth-order valence-electron chi connectivity index (χ4n) is 2.40. The molecule has 1 aliphatic heterocycles. The Morgan fingerprint density at radius 3 is 2.80 bits per heavy atom. The lowest BCUT2D eigenvalue weighted by molar-refractivity contribution is 0.0525. The second-order valence-electron chi connectivity index (χ2n) is 4.62. The van der Waals surface area contributed by atoms with E-state index in [1.807, 2.05) is 0 Å². The molecule has 0 fully saturated rings. The smallest absolute Gasteiger partial charge is 0.338 e. The Kier molecular flexibility index (Phi) is 4.09. The Balaban J connectivity index is 2.73. The largest absolute Gasteiger partial charge is 0.462 e. The van der Waals surface area contributed by atoms with E-state index in [9.17, 15) is 18.3 Å². The third kappa shape index (κ3) is 2.43. The van der Waals surface area contributed by atoms with Crippen LogP contribution in [0, 0.1) is 6.92 Å². The van der Waals surface area contributed by atoms with Crippen molar-refractivity contribution in [2.24, 2.45) is 0 Å². The fourth-order valence-corrected chi connectivity index (χ4v) is 4.68. The van der Waals surface area contributed by atoms with E-state index in [0.29, 0.717) is 5.56 Å². The van der Waals surface area contributed by atoms with Crippen LogP contribution in [0.1, 0.15) is 40.9 Å². The highest BCUT2D eigenvalue weighted by Gasteiger charge is 2.35. The molecule has 5 nitrogen and oxygen atoms in total. The molecule has 0 radical (unpaired) electrons. The van der Waals surface area contributed by atoms with Gasteiger partial charge in [-0.2, -0.15) is 0 Å². The Bertz CT molecular complexity index is 666. The molecule has 1 aliphatic rings. The number of fused-ring (bicyclic) bond motifs is 1. The summed E-state index contributed by atoms with van der Waals surface area (Å²) < 4.78 is 29.1. The lowest BCUT2D eigenvalue weighted by Crippen LogP contribution is -2.23. The molecule has 0 saturated carbocycles. The summed E-state index contributed by atoms with van der Waals surface area (Å²) in [5.41, 5.74) is 0.803. The third-order valence-corrected chi connectivity index (χ3v) is 5.59. The van der Waals surface area contributed by atoms with E-state index in [-0.39, 0.29) is 39.8 Å². The minimum absolute atomic E-state index is 0.0487. The summed E-state index contributed by atoms with van der Waals surface area (Å²) >= 11 is 6.02. The molecule has 20 heavy (non-hydrogen) atoms. The van der Waals surface area contributed by atoms with Crippen molar-refractivity contribution in [2.75, 3.05) is 12.4 Å². The highest BCUT2D eigenvalue weighted by Crippen LogP contribution is 2.40. The predicted molar refractivity (Wildman–Crippen MR) is 73.8 cm³/mol. The van der Waals surface area contributed by atoms with Gasteiger partial charge in [0.15, 0.2) is 9.84 Å². The average Bonchev–Trinajstić information content (AvgIpc) is 2.36. The molecule has 1 heterocycles. The second-order valence-corrected chi connectivity index (χ2v) is 7.07. The second kappa shape index (κ2) is 5.35. The van der Waals surface area contributed by atoms with Gasteiger partial charge in [0.1, 0.15) is 0 Å². The number of esters is 1. The molecule has 0 spiro atoms. The fraction of sp³-hybridized carbons (Fsp3) is 0.462. The van der Waals surface area contributed by atoms with Crippen LogP contribution in [-0.4, -0.2) is 31.9 Å². The first-order valence-electron chi connectivity index (χ1n) is 6.20. The average molecular weight is 319 g/mol. The molecule has 110 valence electrons. The van der Waals surface area contributed by atoms with Crippen molar-refractivity contribution in [2.45, 2.75) is 31.3 Å². The van der Waals surface area contributed by atoms with Gasteiger partial charge in [0.2, 0.25) is 0 Å². The van der Waals surface area contributed by atoms with Crippen LogP contribution in [0.25, 0.3) is 0 Å². The van der Waals surface area contributed by atoms with Crippen molar-refractivity contribution in [3.05, 3.63) is 27.8 Å². The number of benzene rings is 1. The molecule has 1 aromatic rings. The predicted octanol–water partition coefficient (Wildman–Crippen LogP) is 2.04. The molecule has 1 aromatic carbocycles. The molecule has 1 atom stereocenters. The summed E-state index contributed by atoms with van der Waals surface area (Å²) in [6.07, 6.45) is -0.848. The van der Waals surface area contributed by atoms with E-state index in [1.165, 1.54) is 6.07 Å². The van der Waals surface area contributed by atoms with Crippen molar-refractivity contribution in [1.82, 2.24) is 0 Å². The molecule has 0 saturated heterocycles. The van der Waals surface area contributed by atoms with Crippen molar-refractivity contribution in [3.63, 3.8) is 0 Å².